The quantitative estimate of drug-likeness (QED) is 0.328. The topological polar surface area (TPSA) is 140 Å². The molecule has 0 radical (unpaired) electrons. The molecule has 0 aliphatic carbocycles. The van der Waals surface area contributed by atoms with Gasteiger partial charge in [0.25, 0.3) is 0 Å². The first kappa shape index (κ1) is 16.6. The maximum atomic E-state index is 10.8. The van der Waals surface area contributed by atoms with Gasteiger partial charge in [0.2, 0.25) is 6.41 Å². The second-order valence-electron chi connectivity index (χ2n) is 5.38. The number of amides is 1. The monoisotopic (exact) mass is 307 g/mol. The predicted octanol–water partition coefficient (Wildman–Crippen LogP) is -3.61. The van der Waals surface area contributed by atoms with Gasteiger partial charge in [0.1, 0.15) is 24.4 Å². The van der Waals surface area contributed by atoms with E-state index in [-0.39, 0.29) is 12.6 Å². The summed E-state index contributed by atoms with van der Waals surface area (Å²) in [6.45, 7) is 1.03. The van der Waals surface area contributed by atoms with Gasteiger partial charge in [-0.25, -0.2) is 0 Å². The predicted molar refractivity (Wildman–Crippen MR) is 66.9 cm³/mol. The summed E-state index contributed by atoms with van der Waals surface area (Å²) in [5, 5.41) is 47.8. The van der Waals surface area contributed by atoms with Crippen LogP contribution in [0.15, 0.2) is 0 Å². The summed E-state index contributed by atoms with van der Waals surface area (Å²) < 4.78 is 10.4. The second-order valence-corrected chi connectivity index (χ2v) is 5.38. The number of aliphatic hydroxyl groups is 5. The minimum absolute atomic E-state index is 0.104. The molecule has 0 saturated carbocycles. The lowest BCUT2D eigenvalue weighted by Gasteiger charge is -2.49. The fourth-order valence-electron chi connectivity index (χ4n) is 2.63. The lowest BCUT2D eigenvalue weighted by molar-refractivity contribution is -0.307. The van der Waals surface area contributed by atoms with E-state index < -0.39 is 49.5 Å². The lowest BCUT2D eigenvalue weighted by Crippen LogP contribution is -2.68. The standard InChI is InChI=1S/C12H21NO8/c1-5-8(16)6(13(5)4-15)3-20-12-11(19)10(18)9(17)7(2-14)21-12/h4-12,14,16-19H,2-3H2,1H3. The van der Waals surface area contributed by atoms with E-state index in [1.165, 1.54) is 4.90 Å². The average molecular weight is 307 g/mol. The van der Waals surface area contributed by atoms with Gasteiger partial charge < -0.3 is 39.9 Å². The number of carbonyl (C=O) groups is 1. The zero-order chi connectivity index (χ0) is 15.7. The Morgan fingerprint density at radius 2 is 1.81 bits per heavy atom. The molecule has 8 atom stereocenters. The number of aliphatic hydroxyl groups excluding tert-OH is 5. The van der Waals surface area contributed by atoms with E-state index in [0.717, 1.165) is 0 Å². The summed E-state index contributed by atoms with van der Waals surface area (Å²) >= 11 is 0. The van der Waals surface area contributed by atoms with Crippen LogP contribution in [-0.2, 0) is 14.3 Å². The van der Waals surface area contributed by atoms with Crippen LogP contribution in [0, 0.1) is 0 Å². The van der Waals surface area contributed by atoms with Gasteiger partial charge >= 0.3 is 0 Å². The Labute approximate surface area is 121 Å². The van der Waals surface area contributed by atoms with Gasteiger partial charge in [-0.2, -0.15) is 0 Å². The van der Waals surface area contributed by atoms with Crippen molar-refractivity contribution in [3.8, 4) is 0 Å². The second kappa shape index (κ2) is 6.53. The summed E-state index contributed by atoms with van der Waals surface area (Å²) in [7, 11) is 0. The molecule has 0 aromatic rings. The number of nitrogens with zero attached hydrogens (tertiary/aromatic N) is 1. The van der Waals surface area contributed by atoms with Gasteiger partial charge in [-0.1, -0.05) is 0 Å². The van der Waals surface area contributed by atoms with Crippen LogP contribution in [-0.4, -0.2) is 98.9 Å². The van der Waals surface area contributed by atoms with Crippen LogP contribution in [0.2, 0.25) is 0 Å². The van der Waals surface area contributed by atoms with Crippen molar-refractivity contribution >= 4 is 6.41 Å². The number of ether oxygens (including phenoxy) is 2. The van der Waals surface area contributed by atoms with E-state index in [9.17, 15) is 25.2 Å². The first-order valence-corrected chi connectivity index (χ1v) is 6.75. The third-order valence-corrected chi connectivity index (χ3v) is 4.14. The SMILES string of the molecule is CC1C(O)C(COC2OC(CO)C(O)C(O)C2O)N1C=O. The van der Waals surface area contributed by atoms with Crippen LogP contribution >= 0.6 is 0 Å². The molecule has 5 N–H and O–H groups in total. The lowest BCUT2D eigenvalue weighted by atomic mass is 9.92. The van der Waals surface area contributed by atoms with Crippen LogP contribution in [0.5, 0.6) is 0 Å². The fraction of sp³-hybridized carbons (Fsp3) is 0.917. The van der Waals surface area contributed by atoms with E-state index >= 15 is 0 Å². The molecule has 2 rings (SSSR count). The van der Waals surface area contributed by atoms with Crippen LogP contribution in [0.3, 0.4) is 0 Å². The van der Waals surface area contributed by atoms with Crippen molar-refractivity contribution in [2.75, 3.05) is 13.2 Å². The molecule has 2 saturated heterocycles. The minimum atomic E-state index is -1.52. The largest absolute Gasteiger partial charge is 0.394 e. The molecule has 9 heteroatoms. The maximum Gasteiger partial charge on any atom is 0.210 e. The van der Waals surface area contributed by atoms with E-state index in [4.69, 9.17) is 14.6 Å². The summed E-state index contributed by atoms with van der Waals surface area (Å²) in [5.74, 6) is 0. The molecular weight excluding hydrogens is 286 g/mol. The molecule has 21 heavy (non-hydrogen) atoms. The Kier molecular flexibility index (Phi) is 5.15. The van der Waals surface area contributed by atoms with E-state index in [0.29, 0.717) is 6.41 Å². The highest BCUT2D eigenvalue weighted by molar-refractivity contribution is 5.51. The van der Waals surface area contributed by atoms with Gasteiger partial charge in [-0.15, -0.1) is 0 Å². The summed E-state index contributed by atoms with van der Waals surface area (Å²) in [4.78, 5) is 12.2. The van der Waals surface area contributed by atoms with Crippen LogP contribution in [0.1, 0.15) is 6.92 Å². The molecule has 0 aromatic heterocycles. The Morgan fingerprint density at radius 3 is 2.38 bits per heavy atom. The van der Waals surface area contributed by atoms with Gasteiger partial charge in [0.15, 0.2) is 6.29 Å². The van der Waals surface area contributed by atoms with Gasteiger partial charge in [-0.3, -0.25) is 4.79 Å². The number of hydrogen-bond acceptors (Lipinski definition) is 8. The summed E-state index contributed by atoms with van der Waals surface area (Å²) in [6, 6.07) is -0.879. The highest BCUT2D eigenvalue weighted by Crippen LogP contribution is 2.27. The zero-order valence-electron chi connectivity index (χ0n) is 11.5. The molecule has 8 unspecified atom stereocenters. The third-order valence-electron chi connectivity index (χ3n) is 4.14. The Bertz CT molecular complexity index is 367. The molecule has 0 aromatic carbocycles. The van der Waals surface area contributed by atoms with E-state index in [2.05, 4.69) is 0 Å². The Balaban J connectivity index is 1.91. The van der Waals surface area contributed by atoms with Gasteiger partial charge in [-0.05, 0) is 6.92 Å². The van der Waals surface area contributed by atoms with Crippen molar-refractivity contribution in [2.24, 2.45) is 0 Å². The maximum absolute atomic E-state index is 10.8. The van der Waals surface area contributed by atoms with Crippen LogP contribution in [0.25, 0.3) is 0 Å². The first-order valence-electron chi connectivity index (χ1n) is 6.75. The number of rotatable bonds is 5. The highest BCUT2D eigenvalue weighted by atomic mass is 16.7. The normalized spacial score (nSPS) is 47.0. The summed E-state index contributed by atoms with van der Waals surface area (Å²) in [5.41, 5.74) is 0. The Morgan fingerprint density at radius 1 is 1.14 bits per heavy atom. The minimum Gasteiger partial charge on any atom is -0.394 e. The van der Waals surface area contributed by atoms with Crippen molar-refractivity contribution in [1.82, 2.24) is 4.90 Å². The van der Waals surface area contributed by atoms with E-state index in [1.54, 1.807) is 6.92 Å². The first-order chi connectivity index (χ1) is 9.92. The molecule has 2 fully saturated rings. The number of hydrogen-bond donors (Lipinski definition) is 5. The van der Waals surface area contributed by atoms with Crippen molar-refractivity contribution in [2.45, 2.75) is 55.8 Å². The Hall–Kier alpha value is -0.810. The average Bonchev–Trinajstić information content (AvgIpc) is 2.49. The summed E-state index contributed by atoms with van der Waals surface area (Å²) in [6.07, 6.45) is -6.95. The van der Waals surface area contributed by atoms with Gasteiger partial charge in [0.05, 0.1) is 31.4 Å². The molecule has 122 valence electrons. The fourth-order valence-corrected chi connectivity index (χ4v) is 2.63. The number of likely N-dealkylation sites (tertiary alicyclic amines) is 1. The van der Waals surface area contributed by atoms with Crippen molar-refractivity contribution in [3.05, 3.63) is 0 Å². The molecular formula is C12H21NO8. The molecule has 2 aliphatic heterocycles. The smallest absolute Gasteiger partial charge is 0.210 e. The molecule has 2 aliphatic rings. The third kappa shape index (κ3) is 2.90. The van der Waals surface area contributed by atoms with Crippen LogP contribution in [0.4, 0.5) is 0 Å². The molecule has 1 amide bonds. The van der Waals surface area contributed by atoms with Crippen LogP contribution < -0.4 is 0 Å². The zero-order valence-corrected chi connectivity index (χ0v) is 11.5. The van der Waals surface area contributed by atoms with Gasteiger partial charge in [0, 0.05) is 0 Å². The van der Waals surface area contributed by atoms with E-state index in [1.807, 2.05) is 0 Å². The van der Waals surface area contributed by atoms with Crippen molar-refractivity contribution in [3.63, 3.8) is 0 Å². The molecule has 2 heterocycles. The van der Waals surface area contributed by atoms with Crippen molar-refractivity contribution < 1.29 is 39.8 Å². The molecule has 0 spiro atoms. The van der Waals surface area contributed by atoms with Crippen molar-refractivity contribution in [1.29, 1.82) is 0 Å². The highest BCUT2D eigenvalue weighted by Gasteiger charge is 2.47. The molecule has 9 nitrogen and oxygen atoms in total. The molecule has 0 bridgehead atoms. The number of carbonyl (C=O) groups excluding carboxylic acids is 1.